The minimum atomic E-state index is -0.279. The first kappa shape index (κ1) is 10.4. The topological polar surface area (TPSA) is 29.3 Å². The Balaban J connectivity index is 2.02. The molecule has 0 aliphatic rings. The Bertz CT molecular complexity index is 502. The molecule has 82 valence electrons. The molecule has 0 aliphatic carbocycles. The molecular weight excluding hydrogens is 205 g/mol. The van der Waals surface area contributed by atoms with Crippen LogP contribution in [-0.2, 0) is 7.05 Å². The van der Waals surface area contributed by atoms with Crippen molar-refractivity contribution in [1.82, 2.24) is 4.57 Å². The maximum Gasteiger partial charge on any atom is 0.125 e. The van der Waals surface area contributed by atoms with Crippen LogP contribution in [0.1, 0.15) is 5.69 Å². The number of anilines is 1. The molecule has 0 spiro atoms. The molecule has 0 bridgehead atoms. The fourth-order valence-corrected chi connectivity index (χ4v) is 1.34. The van der Waals surface area contributed by atoms with Gasteiger partial charge in [0.15, 0.2) is 0 Å². The Morgan fingerprint density at radius 3 is 2.88 bits per heavy atom. The van der Waals surface area contributed by atoms with E-state index in [1.54, 1.807) is 18.3 Å². The van der Waals surface area contributed by atoms with E-state index in [0.717, 1.165) is 5.69 Å². The quantitative estimate of drug-likeness (QED) is 0.621. The second kappa shape index (κ2) is 4.61. The molecule has 4 heteroatoms. The number of hydrogen-bond acceptors (Lipinski definition) is 2. The third kappa shape index (κ3) is 2.48. The van der Waals surface area contributed by atoms with E-state index in [0.29, 0.717) is 5.69 Å². The highest BCUT2D eigenvalue weighted by Crippen LogP contribution is 2.08. The van der Waals surface area contributed by atoms with Crippen LogP contribution in [0, 0.1) is 5.82 Å². The molecular formula is C12H12FN3. The predicted molar refractivity (Wildman–Crippen MR) is 63.0 cm³/mol. The summed E-state index contributed by atoms with van der Waals surface area (Å²) >= 11 is 0. The number of aromatic nitrogens is 1. The van der Waals surface area contributed by atoms with Crippen molar-refractivity contribution < 1.29 is 4.39 Å². The van der Waals surface area contributed by atoms with Crippen molar-refractivity contribution in [3.05, 3.63) is 54.1 Å². The van der Waals surface area contributed by atoms with E-state index in [1.807, 2.05) is 29.9 Å². The number of hydrazone groups is 1. The van der Waals surface area contributed by atoms with Crippen LogP contribution in [0.3, 0.4) is 0 Å². The maximum absolute atomic E-state index is 12.8. The highest BCUT2D eigenvalue weighted by molar-refractivity contribution is 5.78. The number of nitrogens with one attached hydrogen (secondary N) is 1. The number of nitrogens with zero attached hydrogens (tertiary/aromatic N) is 2. The Morgan fingerprint density at radius 1 is 1.31 bits per heavy atom. The summed E-state index contributed by atoms with van der Waals surface area (Å²) in [4.78, 5) is 0. The van der Waals surface area contributed by atoms with Gasteiger partial charge in [-0.2, -0.15) is 5.10 Å². The minimum absolute atomic E-state index is 0.279. The third-order valence-electron chi connectivity index (χ3n) is 2.20. The molecule has 0 aliphatic heterocycles. The molecule has 3 nitrogen and oxygen atoms in total. The van der Waals surface area contributed by atoms with E-state index in [9.17, 15) is 4.39 Å². The Kier molecular flexibility index (Phi) is 3.00. The second-order valence-electron chi connectivity index (χ2n) is 3.42. The summed E-state index contributed by atoms with van der Waals surface area (Å²) in [6.07, 6.45) is 3.62. The van der Waals surface area contributed by atoms with Gasteiger partial charge in [-0.25, -0.2) is 4.39 Å². The summed E-state index contributed by atoms with van der Waals surface area (Å²) in [7, 11) is 1.93. The van der Waals surface area contributed by atoms with E-state index in [2.05, 4.69) is 10.5 Å². The van der Waals surface area contributed by atoms with Crippen LogP contribution in [0.5, 0.6) is 0 Å². The highest BCUT2D eigenvalue weighted by atomic mass is 19.1. The van der Waals surface area contributed by atoms with Crippen molar-refractivity contribution in [3.8, 4) is 0 Å². The number of benzene rings is 1. The summed E-state index contributed by atoms with van der Waals surface area (Å²) in [6, 6.07) is 10.1. The molecule has 0 radical (unpaired) electrons. The zero-order valence-electron chi connectivity index (χ0n) is 8.89. The molecule has 1 aromatic heterocycles. The summed E-state index contributed by atoms with van der Waals surface area (Å²) in [5.41, 5.74) is 4.37. The summed E-state index contributed by atoms with van der Waals surface area (Å²) in [6.45, 7) is 0. The lowest BCUT2D eigenvalue weighted by atomic mass is 10.3. The van der Waals surface area contributed by atoms with Gasteiger partial charge < -0.3 is 4.57 Å². The van der Waals surface area contributed by atoms with Crippen LogP contribution >= 0.6 is 0 Å². The van der Waals surface area contributed by atoms with Crippen molar-refractivity contribution >= 4 is 11.9 Å². The van der Waals surface area contributed by atoms with Crippen molar-refractivity contribution in [3.63, 3.8) is 0 Å². The largest absolute Gasteiger partial charge is 0.350 e. The smallest absolute Gasteiger partial charge is 0.125 e. The molecule has 16 heavy (non-hydrogen) atoms. The van der Waals surface area contributed by atoms with Crippen LogP contribution in [0.15, 0.2) is 47.7 Å². The molecule has 1 N–H and O–H groups in total. The van der Waals surface area contributed by atoms with Gasteiger partial charge in [0, 0.05) is 13.2 Å². The molecule has 0 amide bonds. The standard InChI is InChI=1S/C12H12FN3/c1-16-7-3-6-12(16)9-14-15-11-5-2-4-10(13)8-11/h2-9,15H,1H3/b14-9+. The summed E-state index contributed by atoms with van der Waals surface area (Å²) < 4.78 is 14.8. The lowest BCUT2D eigenvalue weighted by Crippen LogP contribution is -1.95. The van der Waals surface area contributed by atoms with Gasteiger partial charge in [0.2, 0.25) is 0 Å². The van der Waals surface area contributed by atoms with E-state index in [-0.39, 0.29) is 5.82 Å². The Labute approximate surface area is 93.2 Å². The molecule has 2 rings (SSSR count). The first-order valence-electron chi connectivity index (χ1n) is 4.92. The van der Waals surface area contributed by atoms with Gasteiger partial charge in [-0.15, -0.1) is 0 Å². The Morgan fingerprint density at radius 2 is 2.19 bits per heavy atom. The van der Waals surface area contributed by atoms with E-state index in [4.69, 9.17) is 0 Å². The third-order valence-corrected chi connectivity index (χ3v) is 2.20. The van der Waals surface area contributed by atoms with Crippen molar-refractivity contribution in [2.45, 2.75) is 0 Å². The summed E-state index contributed by atoms with van der Waals surface area (Å²) in [5.74, 6) is -0.279. The van der Waals surface area contributed by atoms with E-state index in [1.165, 1.54) is 12.1 Å². The van der Waals surface area contributed by atoms with Crippen molar-refractivity contribution in [2.75, 3.05) is 5.43 Å². The molecule has 1 aromatic carbocycles. The number of hydrogen-bond donors (Lipinski definition) is 1. The van der Waals surface area contributed by atoms with Crippen LogP contribution < -0.4 is 5.43 Å². The van der Waals surface area contributed by atoms with E-state index < -0.39 is 0 Å². The molecule has 0 atom stereocenters. The van der Waals surface area contributed by atoms with Gasteiger partial charge in [0.25, 0.3) is 0 Å². The van der Waals surface area contributed by atoms with Crippen molar-refractivity contribution in [2.24, 2.45) is 12.1 Å². The van der Waals surface area contributed by atoms with Crippen LogP contribution in [0.2, 0.25) is 0 Å². The molecule has 0 fully saturated rings. The monoisotopic (exact) mass is 217 g/mol. The van der Waals surface area contributed by atoms with Gasteiger partial charge in [0.05, 0.1) is 17.6 Å². The fourth-order valence-electron chi connectivity index (χ4n) is 1.34. The van der Waals surface area contributed by atoms with Crippen LogP contribution in [-0.4, -0.2) is 10.8 Å². The van der Waals surface area contributed by atoms with Crippen LogP contribution in [0.4, 0.5) is 10.1 Å². The number of halogens is 1. The molecule has 1 heterocycles. The minimum Gasteiger partial charge on any atom is -0.350 e. The Hall–Kier alpha value is -2.10. The SMILES string of the molecule is Cn1cccc1/C=N/Nc1cccc(F)c1. The zero-order valence-corrected chi connectivity index (χ0v) is 8.89. The molecule has 0 unspecified atom stereocenters. The first-order valence-corrected chi connectivity index (χ1v) is 4.92. The normalized spacial score (nSPS) is 10.9. The highest BCUT2D eigenvalue weighted by Gasteiger charge is 1.93. The number of aryl methyl sites for hydroxylation is 1. The van der Waals surface area contributed by atoms with E-state index >= 15 is 0 Å². The zero-order chi connectivity index (χ0) is 11.4. The fraction of sp³-hybridized carbons (Fsp3) is 0.0833. The number of rotatable bonds is 3. The molecule has 0 saturated heterocycles. The lowest BCUT2D eigenvalue weighted by molar-refractivity contribution is 0.628. The second-order valence-corrected chi connectivity index (χ2v) is 3.42. The average Bonchev–Trinajstić information content (AvgIpc) is 2.65. The van der Waals surface area contributed by atoms with Crippen molar-refractivity contribution in [1.29, 1.82) is 0 Å². The lowest BCUT2D eigenvalue weighted by Gasteiger charge is -1.99. The van der Waals surface area contributed by atoms with Gasteiger partial charge in [-0.1, -0.05) is 6.07 Å². The van der Waals surface area contributed by atoms with Gasteiger partial charge in [0.1, 0.15) is 5.82 Å². The molecule has 0 saturated carbocycles. The molecule has 2 aromatic rings. The summed E-state index contributed by atoms with van der Waals surface area (Å²) in [5, 5.41) is 4.02. The van der Waals surface area contributed by atoms with Gasteiger partial charge in [-0.05, 0) is 30.3 Å². The predicted octanol–water partition coefficient (Wildman–Crippen LogP) is 2.61. The average molecular weight is 217 g/mol. The van der Waals surface area contributed by atoms with Gasteiger partial charge in [-0.3, -0.25) is 5.43 Å². The first-order chi connectivity index (χ1) is 7.75. The maximum atomic E-state index is 12.8. The van der Waals surface area contributed by atoms with Gasteiger partial charge >= 0.3 is 0 Å². The van der Waals surface area contributed by atoms with Crippen LogP contribution in [0.25, 0.3) is 0 Å².